The minimum absolute atomic E-state index is 0.873. The molecule has 1 nitrogen and oxygen atoms in total. The van der Waals surface area contributed by atoms with Crippen LogP contribution in [0.5, 0.6) is 0 Å². The van der Waals surface area contributed by atoms with Crippen LogP contribution in [0.4, 0.5) is 0 Å². The molecule has 1 aromatic heterocycles. The summed E-state index contributed by atoms with van der Waals surface area (Å²) < 4.78 is 0. The van der Waals surface area contributed by atoms with Gasteiger partial charge in [-0.25, -0.2) is 4.98 Å². The molecule has 102 valence electrons. The van der Waals surface area contributed by atoms with E-state index in [1.807, 2.05) is 0 Å². The first-order valence-electron chi connectivity index (χ1n) is 7.04. The van der Waals surface area contributed by atoms with Gasteiger partial charge >= 0.3 is 0 Å². The van der Waals surface area contributed by atoms with E-state index in [2.05, 4.69) is 77.5 Å². The fraction of sp³-hybridized carbons (Fsp3) is 0.105. The van der Waals surface area contributed by atoms with Crippen LogP contribution in [-0.2, 0) is 5.33 Å². The van der Waals surface area contributed by atoms with Gasteiger partial charge in [-0.3, -0.25) is 0 Å². The third-order valence-electron chi connectivity index (χ3n) is 4.16. The number of alkyl halides is 1. The molecule has 1 heterocycles. The lowest BCUT2D eigenvalue weighted by Crippen LogP contribution is -1.90. The molecule has 0 unspecified atom stereocenters. The zero-order valence-electron chi connectivity index (χ0n) is 11.7. The summed E-state index contributed by atoms with van der Waals surface area (Å²) in [4.78, 5) is 4.93. The van der Waals surface area contributed by atoms with Crippen LogP contribution in [0.25, 0.3) is 32.6 Å². The second-order valence-corrected chi connectivity index (χ2v) is 5.97. The van der Waals surface area contributed by atoms with Crippen LogP contribution in [0.3, 0.4) is 0 Å². The van der Waals surface area contributed by atoms with Gasteiger partial charge in [0.25, 0.3) is 0 Å². The molecule has 0 bridgehead atoms. The van der Waals surface area contributed by atoms with Crippen molar-refractivity contribution in [2.24, 2.45) is 0 Å². The van der Waals surface area contributed by atoms with Crippen LogP contribution in [-0.4, -0.2) is 4.98 Å². The maximum atomic E-state index is 4.93. The summed E-state index contributed by atoms with van der Waals surface area (Å²) in [6, 6.07) is 19.3. The van der Waals surface area contributed by atoms with Gasteiger partial charge in [0.15, 0.2) is 0 Å². The predicted molar refractivity (Wildman–Crippen MR) is 94.1 cm³/mol. The van der Waals surface area contributed by atoms with Crippen molar-refractivity contribution < 1.29 is 0 Å². The molecule has 0 amide bonds. The number of nitrogens with zero attached hydrogens (tertiary/aromatic N) is 1. The van der Waals surface area contributed by atoms with Crippen molar-refractivity contribution in [3.05, 3.63) is 65.7 Å². The first-order chi connectivity index (χ1) is 10.3. The standard InChI is InChI=1S/C19H14BrN/c1-12-15-8-7-14-4-2-3-5-16(14)19(15)21-18-9-6-13(11-20)10-17(12)18/h2-10H,11H2,1H3. The van der Waals surface area contributed by atoms with Crippen molar-refractivity contribution in [3.63, 3.8) is 0 Å². The van der Waals surface area contributed by atoms with Crippen LogP contribution >= 0.6 is 15.9 Å². The third-order valence-corrected chi connectivity index (χ3v) is 4.80. The number of aromatic nitrogens is 1. The number of hydrogen-bond acceptors (Lipinski definition) is 1. The molecular formula is C19H14BrN. The number of benzene rings is 3. The molecule has 4 rings (SSSR count). The molecular weight excluding hydrogens is 322 g/mol. The van der Waals surface area contributed by atoms with Crippen LogP contribution in [0.15, 0.2) is 54.6 Å². The number of rotatable bonds is 1. The lowest BCUT2D eigenvalue weighted by Gasteiger charge is -2.10. The molecule has 0 radical (unpaired) electrons. The molecule has 0 fully saturated rings. The Balaban J connectivity index is 2.21. The number of aryl methyl sites for hydroxylation is 1. The summed E-state index contributed by atoms with van der Waals surface area (Å²) in [5.41, 5.74) is 4.77. The molecule has 0 atom stereocenters. The Morgan fingerprint density at radius 1 is 0.905 bits per heavy atom. The lowest BCUT2D eigenvalue weighted by molar-refractivity contribution is 1.41. The highest BCUT2D eigenvalue weighted by molar-refractivity contribution is 9.08. The highest BCUT2D eigenvalue weighted by atomic mass is 79.9. The zero-order valence-corrected chi connectivity index (χ0v) is 13.3. The Kier molecular flexibility index (Phi) is 2.93. The molecule has 0 saturated carbocycles. The Morgan fingerprint density at radius 2 is 1.76 bits per heavy atom. The Labute approximate surface area is 131 Å². The SMILES string of the molecule is Cc1c2cc(CBr)ccc2nc2c1ccc1ccccc12. The Bertz CT molecular complexity index is 989. The Hall–Kier alpha value is -1.93. The fourth-order valence-corrected chi connectivity index (χ4v) is 3.36. The number of halogens is 1. The third kappa shape index (κ3) is 1.94. The topological polar surface area (TPSA) is 12.9 Å². The number of fused-ring (bicyclic) bond motifs is 4. The van der Waals surface area contributed by atoms with Gasteiger partial charge in [0.1, 0.15) is 0 Å². The maximum Gasteiger partial charge on any atom is 0.0790 e. The van der Waals surface area contributed by atoms with Crippen LogP contribution in [0.2, 0.25) is 0 Å². The average Bonchev–Trinajstić information content (AvgIpc) is 2.54. The molecule has 0 N–H and O–H groups in total. The maximum absolute atomic E-state index is 4.93. The van der Waals surface area contributed by atoms with Crippen molar-refractivity contribution in [3.8, 4) is 0 Å². The molecule has 2 heteroatoms. The zero-order chi connectivity index (χ0) is 14.4. The van der Waals surface area contributed by atoms with Gasteiger partial charge in [0.2, 0.25) is 0 Å². The number of pyridine rings is 1. The van der Waals surface area contributed by atoms with E-state index in [-0.39, 0.29) is 0 Å². The minimum Gasteiger partial charge on any atom is -0.247 e. The molecule has 21 heavy (non-hydrogen) atoms. The van der Waals surface area contributed by atoms with E-state index in [0.29, 0.717) is 0 Å². The van der Waals surface area contributed by atoms with E-state index in [1.165, 1.54) is 32.7 Å². The van der Waals surface area contributed by atoms with Crippen molar-refractivity contribution in [2.75, 3.05) is 0 Å². The van der Waals surface area contributed by atoms with Gasteiger partial charge in [-0.2, -0.15) is 0 Å². The second kappa shape index (κ2) is 4.81. The smallest absolute Gasteiger partial charge is 0.0790 e. The molecule has 0 saturated heterocycles. The van der Waals surface area contributed by atoms with Crippen LogP contribution < -0.4 is 0 Å². The molecule has 3 aromatic carbocycles. The van der Waals surface area contributed by atoms with E-state index in [1.54, 1.807) is 0 Å². The highest BCUT2D eigenvalue weighted by Crippen LogP contribution is 2.31. The fourth-order valence-electron chi connectivity index (χ4n) is 3.01. The molecule has 4 aromatic rings. The van der Waals surface area contributed by atoms with Gasteiger partial charge in [0.05, 0.1) is 11.0 Å². The van der Waals surface area contributed by atoms with E-state index in [4.69, 9.17) is 4.98 Å². The predicted octanol–water partition coefficient (Wildman–Crippen LogP) is 5.74. The van der Waals surface area contributed by atoms with Gasteiger partial charge in [-0.15, -0.1) is 0 Å². The summed E-state index contributed by atoms with van der Waals surface area (Å²) in [5.74, 6) is 0. The van der Waals surface area contributed by atoms with Gasteiger partial charge in [0, 0.05) is 21.5 Å². The van der Waals surface area contributed by atoms with Gasteiger partial charge in [-0.05, 0) is 35.6 Å². The first kappa shape index (κ1) is 12.8. The molecule has 0 spiro atoms. The molecule has 0 aliphatic carbocycles. The summed E-state index contributed by atoms with van der Waals surface area (Å²) in [7, 11) is 0. The normalized spacial score (nSPS) is 11.5. The van der Waals surface area contributed by atoms with Gasteiger partial charge < -0.3 is 0 Å². The van der Waals surface area contributed by atoms with Crippen molar-refractivity contribution in [1.29, 1.82) is 0 Å². The first-order valence-corrected chi connectivity index (χ1v) is 8.17. The van der Waals surface area contributed by atoms with Crippen molar-refractivity contribution >= 4 is 48.5 Å². The Morgan fingerprint density at radius 3 is 2.62 bits per heavy atom. The summed E-state index contributed by atoms with van der Waals surface area (Å²) in [6.45, 7) is 2.19. The highest BCUT2D eigenvalue weighted by Gasteiger charge is 2.08. The van der Waals surface area contributed by atoms with E-state index < -0.39 is 0 Å². The monoisotopic (exact) mass is 335 g/mol. The van der Waals surface area contributed by atoms with Crippen molar-refractivity contribution in [1.82, 2.24) is 4.98 Å². The summed E-state index contributed by atoms with van der Waals surface area (Å²) >= 11 is 3.53. The lowest BCUT2D eigenvalue weighted by atomic mass is 9.99. The second-order valence-electron chi connectivity index (χ2n) is 5.40. The van der Waals surface area contributed by atoms with Crippen LogP contribution in [0.1, 0.15) is 11.1 Å². The van der Waals surface area contributed by atoms with Gasteiger partial charge in [-0.1, -0.05) is 58.4 Å². The van der Waals surface area contributed by atoms with Crippen molar-refractivity contribution in [2.45, 2.75) is 12.3 Å². The number of hydrogen-bond donors (Lipinski definition) is 0. The largest absolute Gasteiger partial charge is 0.247 e. The quantitative estimate of drug-likeness (QED) is 0.245. The summed E-state index contributed by atoms with van der Waals surface area (Å²) in [5, 5.41) is 5.83. The average molecular weight is 336 g/mol. The summed E-state index contributed by atoms with van der Waals surface area (Å²) in [6.07, 6.45) is 0. The molecule has 0 aliphatic heterocycles. The van der Waals surface area contributed by atoms with E-state index in [0.717, 1.165) is 16.4 Å². The minimum atomic E-state index is 0.873. The van der Waals surface area contributed by atoms with E-state index in [9.17, 15) is 0 Å². The van der Waals surface area contributed by atoms with E-state index >= 15 is 0 Å². The molecule has 0 aliphatic rings. The van der Waals surface area contributed by atoms with Crippen LogP contribution in [0, 0.1) is 6.92 Å².